The average Bonchev–Trinajstić information content (AvgIpc) is 3.01. The molecule has 1 saturated heterocycles. The van der Waals surface area contributed by atoms with Gasteiger partial charge in [0.15, 0.2) is 5.78 Å². The molecule has 0 spiro atoms. The Morgan fingerprint density at radius 3 is 2.85 bits per heavy atom. The van der Waals surface area contributed by atoms with E-state index < -0.39 is 6.04 Å². The van der Waals surface area contributed by atoms with Crippen molar-refractivity contribution in [2.24, 2.45) is 11.7 Å². The van der Waals surface area contributed by atoms with Crippen LogP contribution in [-0.2, 0) is 4.79 Å². The fourth-order valence-corrected chi connectivity index (χ4v) is 4.03. The molecule has 2 aliphatic rings. The third-order valence-corrected chi connectivity index (χ3v) is 5.64. The Morgan fingerprint density at radius 2 is 2.04 bits per heavy atom. The van der Waals surface area contributed by atoms with Crippen LogP contribution in [0.25, 0.3) is 0 Å². The van der Waals surface area contributed by atoms with Crippen molar-refractivity contribution < 1.29 is 14.3 Å². The van der Waals surface area contributed by atoms with Crippen LogP contribution < -0.4 is 10.5 Å². The molecule has 6 nitrogen and oxygen atoms in total. The molecule has 1 aromatic rings. The van der Waals surface area contributed by atoms with Gasteiger partial charge in [-0.25, -0.2) is 0 Å². The van der Waals surface area contributed by atoms with E-state index >= 15 is 0 Å². The third-order valence-electron chi connectivity index (χ3n) is 5.64. The molecule has 2 aliphatic heterocycles. The summed E-state index contributed by atoms with van der Waals surface area (Å²) in [7, 11) is 1.81. The van der Waals surface area contributed by atoms with Gasteiger partial charge in [-0.2, -0.15) is 0 Å². The number of ether oxygens (including phenoxy) is 1. The first-order chi connectivity index (χ1) is 12.9. The summed E-state index contributed by atoms with van der Waals surface area (Å²) >= 11 is 0. The molecular weight excluding hydrogens is 342 g/mol. The third kappa shape index (κ3) is 5.08. The van der Waals surface area contributed by atoms with Crippen LogP contribution in [0, 0.1) is 5.92 Å². The zero-order valence-electron chi connectivity index (χ0n) is 16.4. The Bertz CT molecular complexity index is 678. The number of nitrogens with two attached hydrogens (primary N) is 1. The van der Waals surface area contributed by atoms with Gasteiger partial charge in [-0.15, -0.1) is 0 Å². The van der Waals surface area contributed by atoms with Gasteiger partial charge in [0.25, 0.3) is 5.91 Å². The molecule has 0 radical (unpaired) electrons. The number of nitrogens with zero attached hydrogens (tertiary/aromatic N) is 2. The average molecular weight is 373 g/mol. The van der Waals surface area contributed by atoms with E-state index in [0.29, 0.717) is 43.3 Å². The minimum atomic E-state index is -0.427. The van der Waals surface area contributed by atoms with Gasteiger partial charge < -0.3 is 15.4 Å². The molecule has 0 saturated carbocycles. The highest BCUT2D eigenvalue weighted by molar-refractivity contribution is 5.94. The second kappa shape index (κ2) is 8.85. The summed E-state index contributed by atoms with van der Waals surface area (Å²) in [6, 6.07) is 7.15. The predicted molar refractivity (Wildman–Crippen MR) is 105 cm³/mol. The molecule has 1 amide bonds. The van der Waals surface area contributed by atoms with Gasteiger partial charge in [-0.05, 0) is 49.8 Å². The second-order valence-corrected chi connectivity index (χ2v) is 8.06. The lowest BCUT2D eigenvalue weighted by molar-refractivity contribution is -0.122. The van der Waals surface area contributed by atoms with Gasteiger partial charge in [-0.3, -0.25) is 14.5 Å². The minimum Gasteiger partial charge on any atom is -0.492 e. The van der Waals surface area contributed by atoms with Gasteiger partial charge in [0.2, 0.25) is 0 Å². The molecule has 0 aromatic heterocycles. The number of hydrogen-bond donors (Lipinski definition) is 1. The Hall–Kier alpha value is -1.92. The molecule has 2 N–H and O–H groups in total. The van der Waals surface area contributed by atoms with Crippen molar-refractivity contribution in [1.29, 1.82) is 0 Å². The van der Waals surface area contributed by atoms with Crippen molar-refractivity contribution in [3.63, 3.8) is 0 Å². The SMILES string of the molecule is C[C@H]1C[C@H]2COc3cccc(c3)C(=O)N(C)CCCC[C@H](N)C(=O)CN2C1. The molecular formula is C21H31N3O3. The largest absolute Gasteiger partial charge is 0.492 e. The molecule has 3 atom stereocenters. The maximum atomic E-state index is 12.6. The fourth-order valence-electron chi connectivity index (χ4n) is 4.03. The van der Waals surface area contributed by atoms with E-state index in [9.17, 15) is 9.59 Å². The Balaban J connectivity index is 1.79. The van der Waals surface area contributed by atoms with Gasteiger partial charge in [-0.1, -0.05) is 13.0 Å². The molecule has 2 heterocycles. The van der Waals surface area contributed by atoms with Crippen LogP contribution in [-0.4, -0.2) is 66.9 Å². The van der Waals surface area contributed by atoms with Crippen molar-refractivity contribution in [3.05, 3.63) is 29.8 Å². The van der Waals surface area contributed by atoms with Crippen LogP contribution in [0.1, 0.15) is 43.0 Å². The Morgan fingerprint density at radius 1 is 1.22 bits per heavy atom. The first-order valence-corrected chi connectivity index (χ1v) is 9.94. The monoisotopic (exact) mass is 373 g/mol. The van der Waals surface area contributed by atoms with E-state index in [4.69, 9.17) is 10.5 Å². The number of ketones is 1. The number of rotatable bonds is 0. The molecule has 1 fully saturated rings. The first kappa shape index (κ1) is 19.8. The van der Waals surface area contributed by atoms with Crippen LogP contribution in [0.4, 0.5) is 0 Å². The molecule has 2 bridgehead atoms. The van der Waals surface area contributed by atoms with Crippen LogP contribution >= 0.6 is 0 Å². The highest BCUT2D eigenvalue weighted by Crippen LogP contribution is 2.24. The van der Waals surface area contributed by atoms with E-state index in [2.05, 4.69) is 11.8 Å². The maximum absolute atomic E-state index is 12.6. The second-order valence-electron chi connectivity index (χ2n) is 8.06. The minimum absolute atomic E-state index is 0.0102. The number of amides is 1. The van der Waals surface area contributed by atoms with Crippen molar-refractivity contribution in [1.82, 2.24) is 9.80 Å². The lowest BCUT2D eigenvalue weighted by Gasteiger charge is -2.25. The maximum Gasteiger partial charge on any atom is 0.253 e. The van der Waals surface area contributed by atoms with Crippen molar-refractivity contribution in [2.75, 3.05) is 33.3 Å². The van der Waals surface area contributed by atoms with Crippen molar-refractivity contribution in [2.45, 2.75) is 44.7 Å². The Kier molecular flexibility index (Phi) is 6.50. The summed E-state index contributed by atoms with van der Waals surface area (Å²) in [5.41, 5.74) is 6.77. The summed E-state index contributed by atoms with van der Waals surface area (Å²) in [6.07, 6.45) is 3.35. The quantitative estimate of drug-likeness (QED) is 0.752. The van der Waals surface area contributed by atoms with E-state index in [0.717, 1.165) is 25.8 Å². The number of carbonyl (C=O) groups excluding carboxylic acids is 2. The summed E-state index contributed by atoms with van der Waals surface area (Å²) in [4.78, 5) is 29.1. The van der Waals surface area contributed by atoms with E-state index in [-0.39, 0.29) is 17.7 Å². The number of carbonyl (C=O) groups is 2. The number of benzene rings is 1. The summed E-state index contributed by atoms with van der Waals surface area (Å²) in [6.45, 7) is 4.67. The Labute approximate surface area is 161 Å². The van der Waals surface area contributed by atoms with Gasteiger partial charge in [0.1, 0.15) is 12.4 Å². The number of hydrogen-bond acceptors (Lipinski definition) is 5. The number of fused-ring (bicyclic) bond motifs is 3. The van der Waals surface area contributed by atoms with Crippen LogP contribution in [0.2, 0.25) is 0 Å². The summed E-state index contributed by atoms with van der Waals surface area (Å²) in [5.74, 6) is 1.33. The smallest absolute Gasteiger partial charge is 0.253 e. The van der Waals surface area contributed by atoms with Crippen LogP contribution in [0.3, 0.4) is 0 Å². The van der Waals surface area contributed by atoms with Crippen LogP contribution in [0.15, 0.2) is 24.3 Å². The van der Waals surface area contributed by atoms with Gasteiger partial charge in [0, 0.05) is 31.7 Å². The van der Waals surface area contributed by atoms with Crippen LogP contribution in [0.5, 0.6) is 5.75 Å². The van der Waals surface area contributed by atoms with Gasteiger partial charge in [0.05, 0.1) is 12.6 Å². The molecule has 27 heavy (non-hydrogen) atoms. The molecule has 0 aliphatic carbocycles. The first-order valence-electron chi connectivity index (χ1n) is 9.94. The lowest BCUT2D eigenvalue weighted by atomic mass is 10.0. The lowest BCUT2D eigenvalue weighted by Crippen LogP contribution is -2.43. The zero-order valence-corrected chi connectivity index (χ0v) is 16.4. The molecule has 1 aromatic carbocycles. The standard InChI is InChI=1S/C21H31N3O3/c1-15-10-17-14-27-18-7-5-6-16(11-18)21(26)23(2)9-4-3-8-19(22)20(25)13-24(17)12-15/h5-7,11,15,17,19H,3-4,8-10,12-14,22H2,1-2H3/t15-,17-,19-/m0/s1. The highest BCUT2D eigenvalue weighted by Gasteiger charge is 2.32. The summed E-state index contributed by atoms with van der Waals surface area (Å²) < 4.78 is 6.00. The van der Waals surface area contributed by atoms with E-state index in [1.165, 1.54) is 0 Å². The predicted octanol–water partition coefficient (Wildman–Crippen LogP) is 1.93. The fraction of sp³-hybridized carbons (Fsp3) is 0.619. The highest BCUT2D eigenvalue weighted by atomic mass is 16.5. The molecule has 6 heteroatoms. The topological polar surface area (TPSA) is 75.9 Å². The normalized spacial score (nSPS) is 28.7. The van der Waals surface area contributed by atoms with Crippen molar-refractivity contribution in [3.8, 4) is 5.75 Å². The van der Waals surface area contributed by atoms with Crippen molar-refractivity contribution >= 4 is 11.7 Å². The van der Waals surface area contributed by atoms with E-state index in [1.807, 2.05) is 31.3 Å². The van der Waals surface area contributed by atoms with E-state index in [1.54, 1.807) is 4.90 Å². The zero-order chi connectivity index (χ0) is 19.4. The molecule has 3 rings (SSSR count). The van der Waals surface area contributed by atoms with Gasteiger partial charge >= 0.3 is 0 Å². The summed E-state index contributed by atoms with van der Waals surface area (Å²) in [5, 5.41) is 0. The molecule has 148 valence electrons. The number of Topliss-reactive ketones (excluding diaryl/α,β-unsaturated/α-hetero) is 1. The molecule has 0 unspecified atom stereocenters.